The number of nitrogens with zero attached hydrogens (tertiary/aromatic N) is 2. The van der Waals surface area contributed by atoms with Crippen molar-refractivity contribution in [1.82, 2.24) is 9.97 Å². The number of hydrogen-bond acceptors (Lipinski definition) is 4. The maximum absolute atomic E-state index is 12.0. The quantitative estimate of drug-likeness (QED) is 0.718. The summed E-state index contributed by atoms with van der Waals surface area (Å²) < 4.78 is 36.0. The van der Waals surface area contributed by atoms with Crippen molar-refractivity contribution in [3.8, 4) is 0 Å². The Kier molecular flexibility index (Phi) is 6.54. The van der Waals surface area contributed by atoms with E-state index in [0.717, 1.165) is 18.7 Å². The average molecular weight is 290 g/mol. The van der Waals surface area contributed by atoms with Crippen molar-refractivity contribution in [2.75, 3.05) is 24.2 Å². The van der Waals surface area contributed by atoms with E-state index in [-0.39, 0.29) is 6.42 Å². The number of anilines is 2. The van der Waals surface area contributed by atoms with E-state index >= 15 is 0 Å². The number of unbranched alkanes of at least 4 members (excludes halogenated alkanes) is 1. The second-order valence-electron chi connectivity index (χ2n) is 4.55. The van der Waals surface area contributed by atoms with Crippen LogP contribution < -0.4 is 10.6 Å². The molecule has 0 aromatic carbocycles. The predicted octanol–water partition coefficient (Wildman–Crippen LogP) is 3.62. The van der Waals surface area contributed by atoms with Crippen molar-refractivity contribution in [1.29, 1.82) is 0 Å². The van der Waals surface area contributed by atoms with Gasteiger partial charge in [0.05, 0.1) is 0 Å². The van der Waals surface area contributed by atoms with Gasteiger partial charge in [-0.15, -0.1) is 0 Å². The minimum absolute atomic E-state index is 0.127. The lowest BCUT2D eigenvalue weighted by molar-refractivity contribution is -0.135. The van der Waals surface area contributed by atoms with Crippen molar-refractivity contribution in [2.24, 2.45) is 0 Å². The number of rotatable bonds is 8. The van der Waals surface area contributed by atoms with Gasteiger partial charge in [-0.1, -0.05) is 6.92 Å². The summed E-state index contributed by atoms with van der Waals surface area (Å²) in [5.41, 5.74) is 0. The summed E-state index contributed by atoms with van der Waals surface area (Å²) in [4.78, 5) is 8.64. The first-order chi connectivity index (χ1) is 9.44. The monoisotopic (exact) mass is 290 g/mol. The lowest BCUT2D eigenvalue weighted by atomic mass is 10.2. The molecule has 7 heteroatoms. The van der Waals surface area contributed by atoms with Crippen molar-refractivity contribution >= 4 is 11.6 Å². The zero-order chi connectivity index (χ0) is 15.0. The van der Waals surface area contributed by atoms with Gasteiger partial charge in [-0.3, -0.25) is 0 Å². The molecule has 0 saturated carbocycles. The first-order valence-corrected chi connectivity index (χ1v) is 6.81. The molecule has 1 aromatic rings. The summed E-state index contributed by atoms with van der Waals surface area (Å²) in [6.07, 6.45) is -2.50. The molecule has 0 atom stereocenters. The number of nitrogens with one attached hydrogen (secondary N) is 2. The molecule has 20 heavy (non-hydrogen) atoms. The van der Waals surface area contributed by atoms with Gasteiger partial charge in [0.2, 0.25) is 0 Å². The Balaban J connectivity index is 2.44. The lowest BCUT2D eigenvalue weighted by Gasteiger charge is -2.10. The highest BCUT2D eigenvalue weighted by atomic mass is 19.4. The molecule has 0 aliphatic rings. The smallest absolute Gasteiger partial charge is 0.373 e. The van der Waals surface area contributed by atoms with Crippen molar-refractivity contribution < 1.29 is 13.2 Å². The predicted molar refractivity (Wildman–Crippen MR) is 74.0 cm³/mol. The molecule has 0 fully saturated rings. The molecule has 114 valence electrons. The van der Waals surface area contributed by atoms with Gasteiger partial charge in [-0.05, 0) is 19.3 Å². The number of alkyl halides is 3. The topological polar surface area (TPSA) is 49.8 Å². The molecular weight excluding hydrogens is 269 g/mol. The van der Waals surface area contributed by atoms with Gasteiger partial charge in [0.1, 0.15) is 17.5 Å². The molecule has 1 rings (SSSR count). The largest absolute Gasteiger partial charge is 0.389 e. The molecule has 1 heterocycles. The van der Waals surface area contributed by atoms with E-state index in [1.165, 1.54) is 0 Å². The Morgan fingerprint density at radius 3 is 2.45 bits per heavy atom. The van der Waals surface area contributed by atoms with Crippen LogP contribution in [-0.2, 0) is 6.42 Å². The third kappa shape index (κ3) is 6.58. The molecule has 0 unspecified atom stereocenters. The number of aromatic nitrogens is 2. The van der Waals surface area contributed by atoms with Gasteiger partial charge in [0, 0.05) is 32.5 Å². The second-order valence-corrected chi connectivity index (χ2v) is 4.55. The minimum atomic E-state index is -4.07. The Morgan fingerprint density at radius 2 is 1.85 bits per heavy atom. The van der Waals surface area contributed by atoms with E-state index in [4.69, 9.17) is 0 Å². The lowest BCUT2D eigenvalue weighted by Crippen LogP contribution is -2.10. The maximum atomic E-state index is 12.0. The normalized spacial score (nSPS) is 11.4. The highest BCUT2D eigenvalue weighted by molar-refractivity contribution is 5.47. The Labute approximate surface area is 117 Å². The SMILES string of the molecule is CCCc1nc(NC)cc(NCCCCC(F)(F)F)n1. The summed E-state index contributed by atoms with van der Waals surface area (Å²) in [5.74, 6) is 2.10. The van der Waals surface area contributed by atoms with Gasteiger partial charge >= 0.3 is 6.18 Å². The third-order valence-electron chi connectivity index (χ3n) is 2.70. The molecule has 0 radical (unpaired) electrons. The fraction of sp³-hybridized carbons (Fsp3) is 0.692. The fourth-order valence-electron chi connectivity index (χ4n) is 1.72. The maximum Gasteiger partial charge on any atom is 0.389 e. The number of hydrogen-bond donors (Lipinski definition) is 2. The van der Waals surface area contributed by atoms with E-state index in [9.17, 15) is 13.2 Å². The van der Waals surface area contributed by atoms with Crippen molar-refractivity contribution in [2.45, 2.75) is 45.2 Å². The molecule has 2 N–H and O–H groups in total. The molecule has 0 amide bonds. The summed E-state index contributed by atoms with van der Waals surface area (Å²) >= 11 is 0. The highest BCUT2D eigenvalue weighted by Crippen LogP contribution is 2.22. The zero-order valence-electron chi connectivity index (χ0n) is 11.8. The number of halogens is 3. The molecule has 0 saturated heterocycles. The summed E-state index contributed by atoms with van der Waals surface area (Å²) in [7, 11) is 1.77. The minimum Gasteiger partial charge on any atom is -0.373 e. The van der Waals surface area contributed by atoms with Crippen LogP contribution in [0.1, 0.15) is 38.4 Å². The van der Waals surface area contributed by atoms with Crippen LogP contribution in [0.25, 0.3) is 0 Å². The van der Waals surface area contributed by atoms with E-state index in [1.807, 2.05) is 6.92 Å². The zero-order valence-corrected chi connectivity index (χ0v) is 11.8. The molecule has 4 nitrogen and oxygen atoms in total. The Morgan fingerprint density at radius 1 is 1.15 bits per heavy atom. The summed E-state index contributed by atoms with van der Waals surface area (Å²) in [5, 5.41) is 5.99. The van der Waals surface area contributed by atoms with E-state index < -0.39 is 12.6 Å². The van der Waals surface area contributed by atoms with Crippen molar-refractivity contribution in [3.05, 3.63) is 11.9 Å². The van der Waals surface area contributed by atoms with Gasteiger partial charge in [-0.25, -0.2) is 9.97 Å². The van der Waals surface area contributed by atoms with Crippen molar-refractivity contribution in [3.63, 3.8) is 0 Å². The molecule has 0 aliphatic heterocycles. The second kappa shape index (κ2) is 7.91. The highest BCUT2D eigenvalue weighted by Gasteiger charge is 2.25. The van der Waals surface area contributed by atoms with Crippen LogP contribution in [0.2, 0.25) is 0 Å². The van der Waals surface area contributed by atoms with Crippen LogP contribution in [-0.4, -0.2) is 29.7 Å². The van der Waals surface area contributed by atoms with Crippen LogP contribution in [0.5, 0.6) is 0 Å². The molecule has 1 aromatic heterocycles. The molecule has 0 aliphatic carbocycles. The van der Waals surface area contributed by atoms with Gasteiger partial charge < -0.3 is 10.6 Å². The Bertz CT molecular complexity index is 407. The molecule has 0 bridgehead atoms. The standard InChI is InChI=1S/C13H21F3N4/c1-3-6-10-19-11(17-2)9-12(20-10)18-8-5-4-7-13(14,15)16/h9H,3-8H2,1-2H3,(H2,17,18,19,20). The van der Waals surface area contributed by atoms with E-state index in [2.05, 4.69) is 20.6 Å². The fourth-order valence-corrected chi connectivity index (χ4v) is 1.72. The third-order valence-corrected chi connectivity index (χ3v) is 2.70. The van der Waals surface area contributed by atoms with E-state index in [1.54, 1.807) is 13.1 Å². The molecule has 0 spiro atoms. The van der Waals surface area contributed by atoms with E-state index in [0.29, 0.717) is 24.6 Å². The Hall–Kier alpha value is -1.53. The van der Waals surface area contributed by atoms with Gasteiger partial charge in [0.15, 0.2) is 0 Å². The van der Waals surface area contributed by atoms with Crippen LogP contribution in [0.3, 0.4) is 0 Å². The molecular formula is C13H21F3N4. The first kappa shape index (κ1) is 16.5. The van der Waals surface area contributed by atoms with Gasteiger partial charge in [-0.2, -0.15) is 13.2 Å². The van der Waals surface area contributed by atoms with Crippen LogP contribution in [0.15, 0.2) is 6.07 Å². The first-order valence-electron chi connectivity index (χ1n) is 6.81. The number of aryl methyl sites for hydroxylation is 1. The van der Waals surface area contributed by atoms with Crippen LogP contribution >= 0.6 is 0 Å². The summed E-state index contributed by atoms with van der Waals surface area (Å²) in [6.45, 7) is 2.52. The van der Waals surface area contributed by atoms with Crippen LogP contribution in [0.4, 0.5) is 24.8 Å². The van der Waals surface area contributed by atoms with Crippen LogP contribution in [0, 0.1) is 0 Å². The van der Waals surface area contributed by atoms with Gasteiger partial charge in [0.25, 0.3) is 0 Å². The average Bonchev–Trinajstić information content (AvgIpc) is 2.37. The summed E-state index contributed by atoms with van der Waals surface area (Å²) in [6, 6.07) is 1.75.